The van der Waals surface area contributed by atoms with Crippen molar-refractivity contribution < 1.29 is 13.2 Å². The summed E-state index contributed by atoms with van der Waals surface area (Å²) in [7, 11) is -1.84. The number of hydrogen-bond acceptors (Lipinski definition) is 7. The molecule has 0 spiro atoms. The van der Waals surface area contributed by atoms with E-state index >= 15 is 0 Å². The second-order valence-corrected chi connectivity index (χ2v) is 9.22. The van der Waals surface area contributed by atoms with E-state index in [1.807, 2.05) is 11.6 Å². The van der Waals surface area contributed by atoms with E-state index in [-0.39, 0.29) is 23.8 Å². The molecule has 2 aliphatic rings. The van der Waals surface area contributed by atoms with E-state index in [9.17, 15) is 8.42 Å². The molecule has 25 heavy (non-hydrogen) atoms. The van der Waals surface area contributed by atoms with Crippen LogP contribution in [0.3, 0.4) is 0 Å². The largest absolute Gasteiger partial charge is 0.371 e. The molecule has 0 radical (unpaired) electrons. The molecule has 0 saturated carbocycles. The predicted octanol–water partition coefficient (Wildman–Crippen LogP) is 0.587. The molecule has 4 rings (SSSR count). The molecule has 0 aliphatic carbocycles. The molecular formula is C15H21N5O3S2. The highest BCUT2D eigenvalue weighted by Gasteiger charge is 2.44. The van der Waals surface area contributed by atoms with Crippen molar-refractivity contribution >= 4 is 21.4 Å². The third kappa shape index (κ3) is 3.63. The predicted molar refractivity (Wildman–Crippen MR) is 92.6 cm³/mol. The summed E-state index contributed by atoms with van der Waals surface area (Å²) >= 11 is 1.67. The summed E-state index contributed by atoms with van der Waals surface area (Å²) in [5, 5.41) is 3.17. The van der Waals surface area contributed by atoms with Gasteiger partial charge >= 0.3 is 0 Å². The number of sulfonamides is 1. The average Bonchev–Trinajstić information content (AvgIpc) is 3.22. The second kappa shape index (κ2) is 6.76. The molecule has 2 aliphatic heterocycles. The number of ether oxygens (including phenoxy) is 1. The van der Waals surface area contributed by atoms with Crippen LogP contribution in [0.25, 0.3) is 0 Å². The lowest BCUT2D eigenvalue weighted by Gasteiger charge is -2.52. The highest BCUT2D eigenvalue weighted by molar-refractivity contribution is 7.89. The van der Waals surface area contributed by atoms with Gasteiger partial charge in [0.05, 0.1) is 25.1 Å². The van der Waals surface area contributed by atoms with Crippen LogP contribution in [0.5, 0.6) is 0 Å². The number of hydrogen-bond donors (Lipinski definition) is 1. The topological polar surface area (TPSA) is 89.4 Å². The summed E-state index contributed by atoms with van der Waals surface area (Å²) in [5.74, 6) is 0. The van der Waals surface area contributed by atoms with Gasteiger partial charge in [-0.15, -0.1) is 11.3 Å². The lowest BCUT2D eigenvalue weighted by Crippen LogP contribution is -2.64. The number of rotatable bonds is 6. The molecular weight excluding hydrogens is 362 g/mol. The lowest BCUT2D eigenvalue weighted by atomic mass is 9.90. The van der Waals surface area contributed by atoms with Crippen LogP contribution in [0.2, 0.25) is 0 Å². The Balaban J connectivity index is 1.27. The van der Waals surface area contributed by atoms with Gasteiger partial charge in [0.2, 0.25) is 0 Å². The smallest absolute Gasteiger partial charge is 0.259 e. The molecule has 2 fully saturated rings. The van der Waals surface area contributed by atoms with Crippen molar-refractivity contribution in [1.82, 2.24) is 24.2 Å². The third-order valence-corrected chi connectivity index (χ3v) is 6.82. The first-order valence-corrected chi connectivity index (χ1v) is 10.6. The molecule has 0 amide bonds. The number of thiazole rings is 1. The van der Waals surface area contributed by atoms with E-state index in [1.165, 1.54) is 12.5 Å². The Bertz CT molecular complexity index is 820. The minimum absolute atomic E-state index is 0.0435. The van der Waals surface area contributed by atoms with E-state index in [1.54, 1.807) is 23.0 Å². The summed E-state index contributed by atoms with van der Waals surface area (Å²) in [6.45, 7) is 2.04. The second-order valence-electron chi connectivity index (χ2n) is 6.53. The number of imidazole rings is 1. The first kappa shape index (κ1) is 17.1. The molecule has 0 aromatic carbocycles. The van der Waals surface area contributed by atoms with Gasteiger partial charge in [0.15, 0.2) is 5.03 Å². The quantitative estimate of drug-likeness (QED) is 0.785. The van der Waals surface area contributed by atoms with Crippen molar-refractivity contribution in [3.8, 4) is 0 Å². The summed E-state index contributed by atoms with van der Waals surface area (Å²) < 4.78 is 34.7. The standard InChI is InChI=1S/C15H21N5O3S2/c1-19-9-15(17-10-19)25(21,22)18-6-11-2-3-12-13(23-11)7-20(12)8-14-16-4-5-24-14/h4-5,9-13,18H,2-3,6-8H2,1H3/t11-,12+,13+/m0/s1. The summed E-state index contributed by atoms with van der Waals surface area (Å²) in [5.41, 5.74) is 0. The zero-order valence-corrected chi connectivity index (χ0v) is 15.5. The Hall–Kier alpha value is -1.33. The maximum atomic E-state index is 12.2. The SMILES string of the molecule is Cn1cnc(S(=O)(=O)NC[C@@H]2CC[C@@H]3[C@@H](CN3Cc3nccs3)O2)c1. The molecule has 0 bridgehead atoms. The molecule has 2 aromatic heterocycles. The Kier molecular flexibility index (Phi) is 4.63. The number of aryl methyl sites for hydroxylation is 1. The monoisotopic (exact) mass is 383 g/mol. The number of aromatic nitrogens is 3. The normalized spacial score (nSPS) is 27.0. The van der Waals surface area contributed by atoms with Crippen molar-refractivity contribution in [2.45, 2.75) is 42.7 Å². The van der Waals surface area contributed by atoms with Gasteiger partial charge in [-0.05, 0) is 12.8 Å². The summed E-state index contributed by atoms with van der Waals surface area (Å²) in [4.78, 5) is 10.6. The van der Waals surface area contributed by atoms with E-state index in [2.05, 4.69) is 19.6 Å². The molecule has 3 atom stereocenters. The molecule has 2 saturated heterocycles. The van der Waals surface area contributed by atoms with Crippen molar-refractivity contribution in [3.05, 3.63) is 29.1 Å². The summed E-state index contributed by atoms with van der Waals surface area (Å²) in [6.07, 6.45) is 6.77. The average molecular weight is 383 g/mol. The van der Waals surface area contributed by atoms with Gasteiger partial charge in [-0.3, -0.25) is 4.90 Å². The molecule has 2 aromatic rings. The van der Waals surface area contributed by atoms with Gasteiger partial charge in [-0.25, -0.2) is 23.1 Å². The van der Waals surface area contributed by atoms with Crippen molar-refractivity contribution in [2.75, 3.05) is 13.1 Å². The highest BCUT2D eigenvalue weighted by Crippen LogP contribution is 2.33. The maximum absolute atomic E-state index is 12.2. The van der Waals surface area contributed by atoms with Crippen LogP contribution in [0, 0.1) is 0 Å². The molecule has 136 valence electrons. The fraction of sp³-hybridized carbons (Fsp3) is 0.600. The van der Waals surface area contributed by atoms with Crippen molar-refractivity contribution in [3.63, 3.8) is 0 Å². The van der Waals surface area contributed by atoms with Crippen LogP contribution in [-0.2, 0) is 28.4 Å². The molecule has 4 heterocycles. The number of fused-ring (bicyclic) bond motifs is 1. The Labute approximate surface area is 150 Å². The molecule has 0 unspecified atom stereocenters. The van der Waals surface area contributed by atoms with Gasteiger partial charge in [-0.1, -0.05) is 0 Å². The first-order valence-electron chi connectivity index (χ1n) is 8.27. The minimum atomic E-state index is -3.58. The molecule has 1 N–H and O–H groups in total. The first-order chi connectivity index (χ1) is 12.0. The van der Waals surface area contributed by atoms with Crippen molar-refractivity contribution in [1.29, 1.82) is 0 Å². The Morgan fingerprint density at radius 3 is 2.96 bits per heavy atom. The minimum Gasteiger partial charge on any atom is -0.371 e. The van der Waals surface area contributed by atoms with E-state index in [0.717, 1.165) is 30.9 Å². The third-order valence-electron chi connectivity index (χ3n) is 4.74. The number of nitrogens with zero attached hydrogens (tertiary/aromatic N) is 4. The van der Waals surface area contributed by atoms with E-state index < -0.39 is 10.0 Å². The Morgan fingerprint density at radius 1 is 1.40 bits per heavy atom. The zero-order valence-electron chi connectivity index (χ0n) is 13.9. The number of likely N-dealkylation sites (tertiary alicyclic amines) is 1. The van der Waals surface area contributed by atoms with Gasteiger partial charge in [0, 0.05) is 44.0 Å². The highest BCUT2D eigenvalue weighted by atomic mass is 32.2. The summed E-state index contributed by atoms with van der Waals surface area (Å²) in [6, 6.07) is 0.424. The van der Waals surface area contributed by atoms with Crippen LogP contribution in [-0.4, -0.2) is 59.2 Å². The van der Waals surface area contributed by atoms with Gasteiger partial charge in [0.25, 0.3) is 10.0 Å². The fourth-order valence-electron chi connectivity index (χ4n) is 3.40. The lowest BCUT2D eigenvalue weighted by molar-refractivity contribution is -0.168. The van der Waals surface area contributed by atoms with Crippen LogP contribution in [0.4, 0.5) is 0 Å². The van der Waals surface area contributed by atoms with Crippen LogP contribution in [0.15, 0.2) is 29.1 Å². The molecule has 10 heteroatoms. The number of nitrogens with one attached hydrogen (secondary N) is 1. The fourth-order valence-corrected chi connectivity index (χ4v) is 5.09. The molecule has 8 nitrogen and oxygen atoms in total. The van der Waals surface area contributed by atoms with Crippen molar-refractivity contribution in [2.24, 2.45) is 7.05 Å². The Morgan fingerprint density at radius 2 is 2.28 bits per heavy atom. The van der Waals surface area contributed by atoms with E-state index in [0.29, 0.717) is 6.04 Å². The maximum Gasteiger partial charge on any atom is 0.259 e. The van der Waals surface area contributed by atoms with Crippen LogP contribution < -0.4 is 4.72 Å². The van der Waals surface area contributed by atoms with E-state index in [4.69, 9.17) is 4.74 Å². The van der Waals surface area contributed by atoms with Gasteiger partial charge in [0.1, 0.15) is 5.01 Å². The van der Waals surface area contributed by atoms with Gasteiger partial charge < -0.3 is 9.30 Å². The zero-order chi connectivity index (χ0) is 17.4. The van der Waals surface area contributed by atoms with Crippen LogP contribution >= 0.6 is 11.3 Å². The van der Waals surface area contributed by atoms with Gasteiger partial charge in [-0.2, -0.15) is 0 Å². The van der Waals surface area contributed by atoms with Crippen LogP contribution in [0.1, 0.15) is 17.8 Å².